The fourth-order valence-corrected chi connectivity index (χ4v) is 6.44. The molecule has 0 spiro atoms. The van der Waals surface area contributed by atoms with Gasteiger partial charge < -0.3 is 33.7 Å². The Balaban J connectivity index is 1.38. The van der Waals surface area contributed by atoms with E-state index in [4.69, 9.17) is 18.6 Å². The minimum atomic E-state index is -2.00. The largest absolute Gasteiger partial charge is 0.481 e. The number of esters is 1. The highest BCUT2D eigenvalue weighted by molar-refractivity contribution is 5.90. The molecule has 0 bridgehead atoms. The van der Waals surface area contributed by atoms with Crippen LogP contribution < -0.4 is 9.47 Å². The van der Waals surface area contributed by atoms with Crippen LogP contribution in [-0.2, 0) is 25.7 Å². The van der Waals surface area contributed by atoms with Crippen LogP contribution in [0.15, 0.2) is 95.4 Å². The molecule has 11 nitrogen and oxygen atoms in total. The monoisotopic (exact) mass is 706 g/mol. The fourth-order valence-electron chi connectivity index (χ4n) is 6.44. The maximum Gasteiger partial charge on any atom is 0.313 e. The number of ether oxygens (including phenoxy) is 3. The first-order chi connectivity index (χ1) is 24.9. The lowest BCUT2D eigenvalue weighted by molar-refractivity contribution is -0.172. The molecule has 4 atom stereocenters. The summed E-state index contributed by atoms with van der Waals surface area (Å²) in [5, 5.41) is 23.3. The Kier molecular flexibility index (Phi) is 10.6. The Morgan fingerprint density at radius 2 is 1.67 bits per heavy atom. The number of carboxylic acids is 1. The Hall–Kier alpha value is -5.68. The van der Waals surface area contributed by atoms with E-state index < -0.39 is 47.9 Å². The molecule has 2 heterocycles. The molecule has 11 heteroatoms. The molecule has 1 aliphatic rings. The maximum absolute atomic E-state index is 14.6. The number of oxazole rings is 1. The number of para-hydroxylation sites is 2. The predicted octanol–water partition coefficient (Wildman–Crippen LogP) is 7.11. The first-order valence-corrected chi connectivity index (χ1v) is 17.2. The summed E-state index contributed by atoms with van der Waals surface area (Å²) < 4.78 is 22.6. The number of aliphatic carboxylic acids is 1. The first kappa shape index (κ1) is 36.1. The minimum absolute atomic E-state index is 0.0614. The van der Waals surface area contributed by atoms with Crippen molar-refractivity contribution < 1.29 is 43.2 Å². The number of rotatable bonds is 13. The van der Waals surface area contributed by atoms with Gasteiger partial charge in [-0.3, -0.25) is 14.4 Å². The number of aromatic nitrogens is 1. The van der Waals surface area contributed by atoms with E-state index in [1.165, 1.54) is 4.90 Å². The van der Waals surface area contributed by atoms with Crippen molar-refractivity contribution in [1.29, 1.82) is 0 Å². The molecule has 4 aromatic carbocycles. The van der Waals surface area contributed by atoms with Crippen LogP contribution in [0.3, 0.4) is 0 Å². The van der Waals surface area contributed by atoms with E-state index in [1.54, 1.807) is 26.8 Å². The summed E-state index contributed by atoms with van der Waals surface area (Å²) in [7, 11) is 0. The van der Waals surface area contributed by atoms with Gasteiger partial charge in [0.1, 0.15) is 23.1 Å². The van der Waals surface area contributed by atoms with Crippen molar-refractivity contribution in [2.45, 2.75) is 70.7 Å². The van der Waals surface area contributed by atoms with Crippen LogP contribution in [0, 0.1) is 5.92 Å². The van der Waals surface area contributed by atoms with Crippen molar-refractivity contribution in [3.05, 3.63) is 108 Å². The van der Waals surface area contributed by atoms with Gasteiger partial charge in [0, 0.05) is 18.5 Å². The number of hydrogen-bond acceptors (Lipinski definition) is 9. The lowest BCUT2D eigenvalue weighted by atomic mass is 9.86. The fraction of sp³-hybridized carbons (Fsp3) is 0.317. The van der Waals surface area contributed by atoms with Crippen LogP contribution in [0.25, 0.3) is 27.9 Å². The number of carboxylic acid groups (broad SMARTS) is 1. The lowest BCUT2D eigenvalue weighted by Crippen LogP contribution is -2.50. The zero-order valence-corrected chi connectivity index (χ0v) is 29.5. The molecule has 0 saturated heterocycles. The number of carbonyl (C=O) groups excluding carboxylic acids is 2. The van der Waals surface area contributed by atoms with Crippen LogP contribution in [0.4, 0.5) is 0 Å². The molecule has 0 unspecified atom stereocenters. The van der Waals surface area contributed by atoms with Crippen LogP contribution >= 0.6 is 0 Å². The second-order valence-corrected chi connectivity index (χ2v) is 13.9. The van der Waals surface area contributed by atoms with Gasteiger partial charge in [-0.25, -0.2) is 4.98 Å². The Morgan fingerprint density at radius 1 is 0.942 bits per heavy atom. The number of fused-ring (bicyclic) bond motifs is 3. The summed E-state index contributed by atoms with van der Waals surface area (Å²) in [6.07, 6.45) is 1.31. The van der Waals surface area contributed by atoms with Crippen molar-refractivity contribution in [1.82, 2.24) is 9.88 Å². The van der Waals surface area contributed by atoms with E-state index in [2.05, 4.69) is 4.98 Å². The van der Waals surface area contributed by atoms with Crippen LogP contribution in [-0.4, -0.2) is 62.5 Å². The second-order valence-electron chi connectivity index (χ2n) is 13.9. The number of amides is 1. The molecule has 0 saturated carbocycles. The standard InChI is InChI=1S/C41H42N2O9/c1-25(30(29-18-19-34-35(21-29)50-24-49-34)12-9-15-36-42-32-13-7-8-14-33(32)51-36)43(23-26-16-17-27-10-5-6-11-28(27)20-26)39(47)38(46)31(22-37(44)45)40(48)52-41(2,3)4/h5-11,13-21,25,30-31,38,46H,12,22-24H2,1-4H3,(H,44,45)/b15-9+/t25-,30+,31+,38+/m1/s1. The Labute approximate surface area is 301 Å². The molecule has 0 aliphatic carbocycles. The second kappa shape index (κ2) is 15.3. The number of benzene rings is 4. The lowest BCUT2D eigenvalue weighted by Gasteiger charge is -2.37. The number of aliphatic hydroxyl groups is 1. The van der Waals surface area contributed by atoms with Gasteiger partial charge in [-0.15, -0.1) is 0 Å². The average Bonchev–Trinajstić information content (AvgIpc) is 3.76. The molecule has 0 radical (unpaired) electrons. The minimum Gasteiger partial charge on any atom is -0.481 e. The number of aliphatic hydroxyl groups excluding tert-OH is 1. The molecule has 52 heavy (non-hydrogen) atoms. The summed E-state index contributed by atoms with van der Waals surface area (Å²) in [4.78, 5) is 45.8. The molecule has 6 rings (SSSR count). The third-order valence-electron chi connectivity index (χ3n) is 9.05. The Morgan fingerprint density at radius 3 is 2.42 bits per heavy atom. The number of carbonyl (C=O) groups is 3. The quantitative estimate of drug-likeness (QED) is 0.121. The predicted molar refractivity (Wildman–Crippen MR) is 195 cm³/mol. The molecule has 1 aliphatic heterocycles. The zero-order chi connectivity index (χ0) is 37.0. The summed E-state index contributed by atoms with van der Waals surface area (Å²) in [6, 6.07) is 26.1. The first-order valence-electron chi connectivity index (χ1n) is 17.2. The topological polar surface area (TPSA) is 149 Å². The molecule has 0 fully saturated rings. The smallest absolute Gasteiger partial charge is 0.313 e. The van der Waals surface area contributed by atoms with E-state index in [9.17, 15) is 24.6 Å². The normalized spacial score (nSPS) is 15.0. The van der Waals surface area contributed by atoms with Crippen LogP contribution in [0.1, 0.15) is 63.5 Å². The molecule has 270 valence electrons. The highest BCUT2D eigenvalue weighted by atomic mass is 16.7. The van der Waals surface area contributed by atoms with Crippen molar-refractivity contribution >= 4 is 45.8 Å². The van der Waals surface area contributed by atoms with E-state index in [0.717, 1.165) is 27.4 Å². The van der Waals surface area contributed by atoms with Crippen molar-refractivity contribution in [2.75, 3.05) is 6.79 Å². The summed E-state index contributed by atoms with van der Waals surface area (Å²) >= 11 is 0. The van der Waals surface area contributed by atoms with E-state index in [1.807, 2.05) is 97.9 Å². The third-order valence-corrected chi connectivity index (χ3v) is 9.05. The van der Waals surface area contributed by atoms with Gasteiger partial charge in [0.2, 0.25) is 12.7 Å². The molecule has 1 amide bonds. The van der Waals surface area contributed by atoms with Gasteiger partial charge in [-0.05, 0) is 92.4 Å². The summed E-state index contributed by atoms with van der Waals surface area (Å²) in [6.45, 7) is 6.92. The van der Waals surface area contributed by atoms with E-state index in [-0.39, 0.29) is 19.3 Å². The molecule has 1 aromatic heterocycles. The van der Waals surface area contributed by atoms with Gasteiger partial charge >= 0.3 is 11.9 Å². The van der Waals surface area contributed by atoms with Gasteiger partial charge in [-0.1, -0.05) is 60.7 Å². The van der Waals surface area contributed by atoms with Crippen LogP contribution in [0.5, 0.6) is 11.5 Å². The summed E-state index contributed by atoms with van der Waals surface area (Å²) in [5.41, 5.74) is 2.03. The van der Waals surface area contributed by atoms with E-state index in [0.29, 0.717) is 29.4 Å². The maximum atomic E-state index is 14.6. The third kappa shape index (κ3) is 8.43. The number of hydrogen-bond donors (Lipinski definition) is 2. The molecular formula is C41H42N2O9. The van der Waals surface area contributed by atoms with E-state index >= 15 is 0 Å². The number of allylic oxidation sites excluding steroid dienone is 1. The van der Waals surface area contributed by atoms with Crippen molar-refractivity contribution in [2.24, 2.45) is 5.92 Å². The Bertz CT molecular complexity index is 2080. The van der Waals surface area contributed by atoms with Crippen LogP contribution in [0.2, 0.25) is 0 Å². The zero-order valence-electron chi connectivity index (χ0n) is 29.5. The highest BCUT2D eigenvalue weighted by Gasteiger charge is 2.41. The van der Waals surface area contributed by atoms with Crippen molar-refractivity contribution in [3.8, 4) is 11.5 Å². The highest BCUT2D eigenvalue weighted by Crippen LogP contribution is 2.38. The van der Waals surface area contributed by atoms with Gasteiger partial charge in [0.15, 0.2) is 17.1 Å². The van der Waals surface area contributed by atoms with Crippen molar-refractivity contribution in [3.63, 3.8) is 0 Å². The number of nitrogens with zero attached hydrogens (tertiary/aromatic N) is 2. The molecule has 2 N–H and O–H groups in total. The molecule has 5 aromatic rings. The van der Waals surface area contributed by atoms with Gasteiger partial charge in [-0.2, -0.15) is 0 Å². The van der Waals surface area contributed by atoms with Gasteiger partial charge in [0.05, 0.1) is 6.42 Å². The average molecular weight is 707 g/mol. The van der Waals surface area contributed by atoms with Gasteiger partial charge in [0.25, 0.3) is 5.91 Å². The molecular weight excluding hydrogens is 664 g/mol. The summed E-state index contributed by atoms with van der Waals surface area (Å²) in [5.74, 6) is -3.55. The SMILES string of the molecule is C[C@H]([C@H](C/C=C/c1nc2ccccc2o1)c1ccc2c(c1)OCO2)N(Cc1ccc2ccccc2c1)C(=O)[C@@H](O)[C@H](CC(=O)O)C(=O)OC(C)(C)C.